The van der Waals surface area contributed by atoms with Gasteiger partial charge in [-0.2, -0.15) is 0 Å². The van der Waals surface area contributed by atoms with Gasteiger partial charge in [0, 0.05) is 29.4 Å². The number of thiophene rings is 1. The van der Waals surface area contributed by atoms with Gasteiger partial charge in [0.2, 0.25) is 0 Å². The van der Waals surface area contributed by atoms with Crippen molar-refractivity contribution in [3.63, 3.8) is 0 Å². The van der Waals surface area contributed by atoms with Gasteiger partial charge >= 0.3 is 0 Å². The second-order valence-corrected chi connectivity index (χ2v) is 6.47. The summed E-state index contributed by atoms with van der Waals surface area (Å²) in [6.45, 7) is 4.73. The lowest BCUT2D eigenvalue weighted by Gasteiger charge is -2.16. The Morgan fingerprint density at radius 2 is 2.05 bits per heavy atom. The standard InChI is InChI=1S/C16H21FN2S/c1-12-14(8-16(20-12)9-18-2)11-19(3)10-13-5-4-6-15(17)7-13/h4-8,18H,9-11H2,1-3H3. The number of hydrogen-bond donors (Lipinski definition) is 1. The highest BCUT2D eigenvalue weighted by atomic mass is 32.1. The van der Waals surface area contributed by atoms with E-state index in [9.17, 15) is 4.39 Å². The van der Waals surface area contributed by atoms with Crippen LogP contribution in [0.1, 0.15) is 20.9 Å². The van der Waals surface area contributed by atoms with Crippen LogP contribution in [0.25, 0.3) is 0 Å². The molecule has 108 valence electrons. The number of aryl methyl sites for hydroxylation is 1. The molecular weight excluding hydrogens is 271 g/mol. The van der Waals surface area contributed by atoms with E-state index in [1.807, 2.05) is 24.5 Å². The van der Waals surface area contributed by atoms with Crippen LogP contribution < -0.4 is 5.32 Å². The second-order valence-electron chi connectivity index (χ2n) is 5.13. The molecule has 0 fully saturated rings. The Labute approximate surface area is 124 Å². The molecule has 4 heteroatoms. The van der Waals surface area contributed by atoms with Gasteiger partial charge in [-0.25, -0.2) is 4.39 Å². The molecule has 1 aromatic heterocycles. The fraction of sp³-hybridized carbons (Fsp3) is 0.375. The summed E-state index contributed by atoms with van der Waals surface area (Å²) in [4.78, 5) is 4.94. The molecule has 1 aromatic carbocycles. The molecule has 0 aliphatic carbocycles. The average molecular weight is 292 g/mol. The summed E-state index contributed by atoms with van der Waals surface area (Å²) >= 11 is 1.84. The predicted molar refractivity (Wildman–Crippen MR) is 83.4 cm³/mol. The molecule has 0 aliphatic rings. The summed E-state index contributed by atoms with van der Waals surface area (Å²) < 4.78 is 13.2. The van der Waals surface area contributed by atoms with Crippen molar-refractivity contribution in [3.8, 4) is 0 Å². The summed E-state index contributed by atoms with van der Waals surface area (Å²) in [5.74, 6) is -0.168. The topological polar surface area (TPSA) is 15.3 Å². The van der Waals surface area contributed by atoms with Gasteiger partial charge in [-0.15, -0.1) is 11.3 Å². The zero-order valence-corrected chi connectivity index (χ0v) is 13.1. The first-order valence-corrected chi connectivity index (χ1v) is 7.56. The van der Waals surface area contributed by atoms with Gasteiger partial charge in [0.25, 0.3) is 0 Å². The maximum Gasteiger partial charge on any atom is 0.123 e. The molecular formula is C16H21FN2S. The highest BCUT2D eigenvalue weighted by Crippen LogP contribution is 2.23. The van der Waals surface area contributed by atoms with Crippen LogP contribution in [0.3, 0.4) is 0 Å². The lowest BCUT2D eigenvalue weighted by molar-refractivity contribution is 0.318. The third kappa shape index (κ3) is 4.13. The van der Waals surface area contributed by atoms with Gasteiger partial charge in [0.05, 0.1) is 0 Å². The Kier molecular flexibility index (Phi) is 5.29. The molecule has 0 aliphatic heterocycles. The van der Waals surface area contributed by atoms with Crippen molar-refractivity contribution in [2.45, 2.75) is 26.6 Å². The highest BCUT2D eigenvalue weighted by Gasteiger charge is 2.08. The summed E-state index contributed by atoms with van der Waals surface area (Å²) in [6.07, 6.45) is 0. The first kappa shape index (κ1) is 15.2. The predicted octanol–water partition coefficient (Wildman–Crippen LogP) is 3.55. The van der Waals surface area contributed by atoms with E-state index in [0.29, 0.717) is 0 Å². The average Bonchev–Trinajstić information content (AvgIpc) is 2.70. The van der Waals surface area contributed by atoms with Crippen LogP contribution in [0.2, 0.25) is 0 Å². The van der Waals surface area contributed by atoms with Crippen LogP contribution >= 0.6 is 11.3 Å². The van der Waals surface area contributed by atoms with Crippen molar-refractivity contribution in [2.75, 3.05) is 14.1 Å². The van der Waals surface area contributed by atoms with Crippen LogP contribution in [0.5, 0.6) is 0 Å². The molecule has 0 atom stereocenters. The van der Waals surface area contributed by atoms with E-state index in [1.54, 1.807) is 12.1 Å². The first-order chi connectivity index (χ1) is 9.58. The van der Waals surface area contributed by atoms with Crippen molar-refractivity contribution in [3.05, 3.63) is 57.0 Å². The molecule has 2 nitrogen and oxygen atoms in total. The third-order valence-electron chi connectivity index (χ3n) is 3.20. The van der Waals surface area contributed by atoms with E-state index in [2.05, 4.69) is 30.3 Å². The first-order valence-electron chi connectivity index (χ1n) is 6.74. The van der Waals surface area contributed by atoms with Crippen LogP contribution in [-0.2, 0) is 19.6 Å². The van der Waals surface area contributed by atoms with Crippen molar-refractivity contribution in [2.24, 2.45) is 0 Å². The molecule has 1 N–H and O–H groups in total. The summed E-state index contributed by atoms with van der Waals surface area (Å²) in [5, 5.41) is 3.18. The van der Waals surface area contributed by atoms with Gasteiger partial charge in [-0.05, 0) is 50.3 Å². The van der Waals surface area contributed by atoms with Crippen molar-refractivity contribution in [1.82, 2.24) is 10.2 Å². The van der Waals surface area contributed by atoms with E-state index >= 15 is 0 Å². The van der Waals surface area contributed by atoms with Gasteiger partial charge in [0.15, 0.2) is 0 Å². The van der Waals surface area contributed by atoms with Gasteiger partial charge in [-0.3, -0.25) is 4.90 Å². The molecule has 0 unspecified atom stereocenters. The maximum absolute atomic E-state index is 13.2. The van der Waals surface area contributed by atoms with Crippen molar-refractivity contribution >= 4 is 11.3 Å². The molecule has 1 heterocycles. The minimum atomic E-state index is -0.168. The Hall–Kier alpha value is -1.23. The SMILES string of the molecule is CNCc1cc(CN(C)Cc2cccc(F)c2)c(C)s1. The maximum atomic E-state index is 13.2. The molecule has 20 heavy (non-hydrogen) atoms. The van der Waals surface area contributed by atoms with Crippen LogP contribution in [0, 0.1) is 12.7 Å². The lowest BCUT2D eigenvalue weighted by Crippen LogP contribution is -2.17. The molecule has 0 amide bonds. The largest absolute Gasteiger partial charge is 0.315 e. The summed E-state index contributed by atoms with van der Waals surface area (Å²) in [5.41, 5.74) is 2.37. The molecule has 0 saturated carbocycles. The highest BCUT2D eigenvalue weighted by molar-refractivity contribution is 7.12. The number of nitrogens with zero attached hydrogens (tertiary/aromatic N) is 1. The smallest absolute Gasteiger partial charge is 0.123 e. The molecule has 0 radical (unpaired) electrons. The van der Waals surface area contributed by atoms with Crippen LogP contribution in [0.15, 0.2) is 30.3 Å². The van der Waals surface area contributed by atoms with Gasteiger partial charge < -0.3 is 5.32 Å². The number of nitrogens with one attached hydrogen (secondary N) is 1. The van der Waals surface area contributed by atoms with Crippen LogP contribution in [0.4, 0.5) is 4.39 Å². The Balaban J connectivity index is 1.99. The zero-order chi connectivity index (χ0) is 14.5. The summed E-state index contributed by atoms with van der Waals surface area (Å²) in [7, 11) is 4.03. The monoisotopic (exact) mass is 292 g/mol. The van der Waals surface area contributed by atoms with E-state index in [1.165, 1.54) is 21.4 Å². The van der Waals surface area contributed by atoms with Crippen molar-refractivity contribution < 1.29 is 4.39 Å². The van der Waals surface area contributed by atoms with E-state index in [4.69, 9.17) is 0 Å². The van der Waals surface area contributed by atoms with E-state index in [-0.39, 0.29) is 5.82 Å². The lowest BCUT2D eigenvalue weighted by atomic mass is 10.2. The Morgan fingerprint density at radius 1 is 1.25 bits per heavy atom. The quantitative estimate of drug-likeness (QED) is 0.876. The molecule has 0 bridgehead atoms. The minimum Gasteiger partial charge on any atom is -0.315 e. The van der Waals surface area contributed by atoms with E-state index < -0.39 is 0 Å². The Morgan fingerprint density at radius 3 is 2.75 bits per heavy atom. The van der Waals surface area contributed by atoms with Gasteiger partial charge in [-0.1, -0.05) is 12.1 Å². The number of benzene rings is 1. The normalized spacial score (nSPS) is 11.2. The minimum absolute atomic E-state index is 0.168. The molecule has 2 aromatic rings. The number of halogens is 1. The molecule has 0 saturated heterocycles. The fourth-order valence-corrected chi connectivity index (χ4v) is 3.37. The number of hydrogen-bond acceptors (Lipinski definition) is 3. The third-order valence-corrected chi connectivity index (χ3v) is 4.30. The van der Waals surface area contributed by atoms with Crippen molar-refractivity contribution in [1.29, 1.82) is 0 Å². The molecule has 2 rings (SSSR count). The van der Waals surface area contributed by atoms with Crippen LogP contribution in [-0.4, -0.2) is 19.0 Å². The molecule has 0 spiro atoms. The van der Waals surface area contributed by atoms with Gasteiger partial charge in [0.1, 0.15) is 5.82 Å². The zero-order valence-electron chi connectivity index (χ0n) is 12.2. The van der Waals surface area contributed by atoms with E-state index in [0.717, 1.165) is 25.2 Å². The fourth-order valence-electron chi connectivity index (χ4n) is 2.30. The Bertz CT molecular complexity index is 565. The number of rotatable bonds is 6. The second kappa shape index (κ2) is 6.97. The summed E-state index contributed by atoms with van der Waals surface area (Å²) in [6, 6.07) is 9.07.